The number of carboxylic acid groups (broad SMARTS) is 1. The molecule has 1 aromatic rings. The molecule has 0 aromatic carbocycles. The first kappa shape index (κ1) is 24.1. The fraction of sp³-hybridized carbons (Fsp3) is 0.571. The lowest BCUT2D eigenvalue weighted by atomic mass is 10.5. The summed E-state index contributed by atoms with van der Waals surface area (Å²) in [6, 6.07) is 0. The predicted octanol–water partition coefficient (Wildman–Crippen LogP) is 0.352. The number of aromatic nitrogens is 1. The van der Waals surface area contributed by atoms with Crippen LogP contribution in [0.15, 0.2) is 17.4 Å². The topological polar surface area (TPSA) is 147 Å². The highest BCUT2D eigenvalue weighted by Gasteiger charge is 2.04. The van der Waals surface area contributed by atoms with Crippen LogP contribution in [0.5, 0.6) is 0 Å². The number of carboxylic acids is 1. The molecule has 148 valence electrons. The second-order valence-corrected chi connectivity index (χ2v) is 7.17. The Morgan fingerprint density at radius 2 is 2.23 bits per heavy atom. The quantitative estimate of drug-likeness (QED) is 0.230. The molecule has 0 saturated heterocycles. The molecule has 1 heterocycles. The van der Waals surface area contributed by atoms with E-state index in [-0.39, 0.29) is 6.54 Å². The normalized spacial score (nSPS) is 10.9. The van der Waals surface area contributed by atoms with Crippen LogP contribution in [0.25, 0.3) is 0 Å². The van der Waals surface area contributed by atoms with E-state index in [0.717, 1.165) is 35.0 Å². The van der Waals surface area contributed by atoms with Crippen molar-refractivity contribution in [3.63, 3.8) is 0 Å². The van der Waals surface area contributed by atoms with Gasteiger partial charge in [-0.25, -0.2) is 4.98 Å². The summed E-state index contributed by atoms with van der Waals surface area (Å²) in [6.45, 7) is 1.26. The Morgan fingerprint density at radius 1 is 1.58 bits per heavy atom. The first-order chi connectivity index (χ1) is 12.3. The van der Waals surface area contributed by atoms with Gasteiger partial charge in [-0.15, -0.1) is 11.3 Å². The zero-order valence-corrected chi connectivity index (χ0v) is 16.7. The molecule has 1 aromatic heterocycles. The molecule has 0 bridgehead atoms. The third-order valence-electron chi connectivity index (χ3n) is 2.54. The van der Waals surface area contributed by atoms with Crippen molar-refractivity contribution < 1.29 is 14.8 Å². The van der Waals surface area contributed by atoms with Crippen molar-refractivity contribution in [1.82, 2.24) is 20.5 Å². The molecule has 0 atom stereocenters. The minimum absolute atomic E-state index is 0.278. The van der Waals surface area contributed by atoms with Crippen LogP contribution in [0, 0.1) is 10.1 Å². The Labute approximate surface area is 161 Å². The van der Waals surface area contributed by atoms with Gasteiger partial charge in [-0.2, -0.15) is 11.8 Å². The first-order valence-electron chi connectivity index (χ1n) is 7.63. The molecule has 0 fully saturated rings. The number of hydrogen-bond donors (Lipinski definition) is 4. The van der Waals surface area contributed by atoms with Crippen LogP contribution in [-0.4, -0.2) is 65.9 Å². The van der Waals surface area contributed by atoms with E-state index in [1.807, 2.05) is 14.1 Å². The Kier molecular flexibility index (Phi) is 13.3. The van der Waals surface area contributed by atoms with Gasteiger partial charge < -0.3 is 26.4 Å². The van der Waals surface area contributed by atoms with Gasteiger partial charge in [-0.1, -0.05) is 0 Å². The van der Waals surface area contributed by atoms with Crippen LogP contribution in [0.4, 0.5) is 0 Å². The summed E-state index contributed by atoms with van der Waals surface area (Å²) in [7, 11) is 5.70. The molecule has 10 nitrogen and oxygen atoms in total. The maximum Gasteiger partial charge on any atom is 0.317 e. The van der Waals surface area contributed by atoms with Gasteiger partial charge in [0, 0.05) is 37.0 Å². The molecule has 26 heavy (non-hydrogen) atoms. The molecule has 12 heteroatoms. The smallest absolute Gasteiger partial charge is 0.317 e. The number of hydrogen-bond acceptors (Lipinski definition) is 10. The zero-order valence-electron chi connectivity index (χ0n) is 15.1. The standard InChI is InChI=1S/C12H21N5O2S2.C2H5NO2/c1-13-11(6-17(18)19)14-4-5-20-8-10-9-21-12(15-10)7-16(2)3;3-1-2(4)5/h6,9,13-14H,4-5,7-8H2,1-3H3;1,3H2,(H,4,5)/b11-6+;. The average Bonchev–Trinajstić information content (AvgIpc) is 3.00. The van der Waals surface area contributed by atoms with Crippen molar-refractivity contribution in [2.24, 2.45) is 5.73 Å². The van der Waals surface area contributed by atoms with Crippen LogP contribution in [0.1, 0.15) is 10.7 Å². The highest BCUT2D eigenvalue weighted by atomic mass is 32.2. The molecule has 1 rings (SSSR count). The maximum atomic E-state index is 10.4. The monoisotopic (exact) mass is 406 g/mol. The van der Waals surface area contributed by atoms with Gasteiger partial charge in [0.15, 0.2) is 5.82 Å². The number of nitrogens with zero attached hydrogens (tertiary/aromatic N) is 3. The summed E-state index contributed by atoms with van der Waals surface area (Å²) in [6.07, 6.45) is 0.929. The Bertz CT molecular complexity index is 580. The van der Waals surface area contributed by atoms with E-state index in [4.69, 9.17) is 5.11 Å². The second kappa shape index (κ2) is 14.3. The van der Waals surface area contributed by atoms with Crippen molar-refractivity contribution in [3.8, 4) is 0 Å². The minimum Gasteiger partial charge on any atom is -0.480 e. The first-order valence-corrected chi connectivity index (χ1v) is 9.66. The maximum absolute atomic E-state index is 10.4. The fourth-order valence-electron chi connectivity index (χ4n) is 1.50. The van der Waals surface area contributed by atoms with Crippen molar-refractivity contribution in [2.75, 3.05) is 40.0 Å². The van der Waals surface area contributed by atoms with Crippen molar-refractivity contribution in [2.45, 2.75) is 12.3 Å². The van der Waals surface area contributed by atoms with Gasteiger partial charge in [-0.05, 0) is 14.1 Å². The molecule has 0 saturated carbocycles. The van der Waals surface area contributed by atoms with Crippen LogP contribution in [0.3, 0.4) is 0 Å². The summed E-state index contributed by atoms with van der Waals surface area (Å²) in [5, 5.41) is 26.9. The highest BCUT2D eigenvalue weighted by molar-refractivity contribution is 7.98. The number of nitro groups is 1. The third kappa shape index (κ3) is 13.4. The molecule has 0 aliphatic heterocycles. The fourth-order valence-corrected chi connectivity index (χ4v) is 3.26. The number of carbonyl (C=O) groups is 1. The van der Waals surface area contributed by atoms with Crippen LogP contribution in [0.2, 0.25) is 0 Å². The van der Waals surface area contributed by atoms with E-state index >= 15 is 0 Å². The second-order valence-electron chi connectivity index (χ2n) is 5.13. The number of nitrogens with one attached hydrogen (secondary N) is 2. The molecule has 0 radical (unpaired) electrons. The van der Waals surface area contributed by atoms with Gasteiger partial charge in [-0.3, -0.25) is 14.9 Å². The summed E-state index contributed by atoms with van der Waals surface area (Å²) in [5.74, 6) is 1.17. The third-order valence-corrected chi connectivity index (χ3v) is 4.42. The molecule has 0 aliphatic rings. The lowest BCUT2D eigenvalue weighted by molar-refractivity contribution is -0.404. The molecule has 0 spiro atoms. The van der Waals surface area contributed by atoms with Crippen LogP contribution < -0.4 is 16.4 Å². The van der Waals surface area contributed by atoms with Crippen LogP contribution >= 0.6 is 23.1 Å². The molecular weight excluding hydrogens is 380 g/mol. The number of rotatable bonds is 11. The Balaban J connectivity index is 0.00000110. The van der Waals surface area contributed by atoms with Gasteiger partial charge in [0.2, 0.25) is 0 Å². The number of aliphatic carboxylic acids is 1. The zero-order chi connectivity index (χ0) is 19.9. The van der Waals surface area contributed by atoms with Gasteiger partial charge in [0.05, 0.1) is 17.2 Å². The lowest BCUT2D eigenvalue weighted by Gasteiger charge is -2.07. The van der Waals surface area contributed by atoms with E-state index in [0.29, 0.717) is 12.4 Å². The number of thioether (sulfide) groups is 1. The minimum atomic E-state index is -0.968. The lowest BCUT2D eigenvalue weighted by Crippen LogP contribution is -2.26. The van der Waals surface area contributed by atoms with Crippen LogP contribution in [-0.2, 0) is 17.1 Å². The van der Waals surface area contributed by atoms with Crippen molar-refractivity contribution in [3.05, 3.63) is 38.2 Å². The average molecular weight is 407 g/mol. The Hall–Kier alpha value is -1.89. The summed E-state index contributed by atoms with van der Waals surface area (Å²) in [4.78, 5) is 25.8. The largest absolute Gasteiger partial charge is 0.480 e. The molecule has 0 aliphatic carbocycles. The summed E-state index contributed by atoms with van der Waals surface area (Å²) in [5.41, 5.74) is 5.67. The van der Waals surface area contributed by atoms with Gasteiger partial charge in [0.25, 0.3) is 6.20 Å². The van der Waals surface area contributed by atoms with Gasteiger partial charge in [0.1, 0.15) is 5.01 Å². The van der Waals surface area contributed by atoms with E-state index in [1.54, 1.807) is 30.1 Å². The SMILES string of the molecule is CN/C(=C\[N+](=O)[O-])NCCSCc1csc(CN(C)C)n1.NCC(=O)O. The van der Waals surface area contributed by atoms with E-state index in [1.165, 1.54) is 0 Å². The van der Waals surface area contributed by atoms with Crippen molar-refractivity contribution >= 4 is 29.1 Å². The van der Waals surface area contributed by atoms with Gasteiger partial charge >= 0.3 is 5.97 Å². The molecule has 5 N–H and O–H groups in total. The molecule has 0 amide bonds. The van der Waals surface area contributed by atoms with Crippen molar-refractivity contribution in [1.29, 1.82) is 0 Å². The molecular formula is C14H26N6O4S2. The Morgan fingerprint density at radius 3 is 2.73 bits per heavy atom. The van der Waals surface area contributed by atoms with E-state index in [2.05, 4.69) is 31.6 Å². The summed E-state index contributed by atoms with van der Waals surface area (Å²) >= 11 is 3.43. The van der Waals surface area contributed by atoms with E-state index < -0.39 is 10.9 Å². The molecule has 0 unspecified atom stereocenters. The number of nitrogens with two attached hydrogens (primary N) is 1. The highest BCUT2D eigenvalue weighted by Crippen LogP contribution is 2.16. The summed E-state index contributed by atoms with van der Waals surface area (Å²) < 4.78 is 0. The number of thiazole rings is 1. The predicted molar refractivity (Wildman–Crippen MR) is 104 cm³/mol. The van der Waals surface area contributed by atoms with E-state index in [9.17, 15) is 14.9 Å².